The normalized spacial score (nSPS) is 14.4. The van der Waals surface area contributed by atoms with E-state index in [0.717, 1.165) is 54.9 Å². The third kappa shape index (κ3) is 7.49. The first-order valence-electron chi connectivity index (χ1n) is 13.6. The molecule has 0 atom stereocenters. The Hall–Kier alpha value is -4.03. The summed E-state index contributed by atoms with van der Waals surface area (Å²) in [6, 6.07) is 9.81. The van der Waals surface area contributed by atoms with Crippen LogP contribution in [0.25, 0.3) is 11.3 Å². The highest BCUT2D eigenvalue weighted by Gasteiger charge is 2.40. The van der Waals surface area contributed by atoms with E-state index in [1.54, 1.807) is 6.07 Å². The van der Waals surface area contributed by atoms with Crippen LogP contribution in [0.3, 0.4) is 0 Å². The molecule has 0 radical (unpaired) electrons. The number of hydrogen-bond acceptors (Lipinski definition) is 4. The zero-order valence-corrected chi connectivity index (χ0v) is 23.7. The summed E-state index contributed by atoms with van der Waals surface area (Å²) < 4.78 is 95.9. The van der Waals surface area contributed by atoms with Crippen molar-refractivity contribution in [2.75, 3.05) is 0 Å². The highest BCUT2D eigenvalue weighted by atomic mass is 19.4. The highest BCUT2D eigenvalue weighted by Crippen LogP contribution is 2.39. The molecular formula is C30H30F7N5O. The topological polar surface area (TPSA) is 65.6 Å². The Kier molecular flexibility index (Phi) is 9.41. The van der Waals surface area contributed by atoms with Crippen LogP contribution in [-0.2, 0) is 25.9 Å². The van der Waals surface area contributed by atoms with Crippen molar-refractivity contribution in [2.24, 2.45) is 7.05 Å². The first-order valence-corrected chi connectivity index (χ1v) is 13.6. The predicted octanol–water partition coefficient (Wildman–Crippen LogP) is 7.61. The van der Waals surface area contributed by atoms with Gasteiger partial charge in [-0.2, -0.15) is 36.5 Å². The molecule has 5 rings (SSSR count). The van der Waals surface area contributed by atoms with Crippen molar-refractivity contribution in [3.8, 4) is 11.3 Å². The molecule has 0 N–H and O–H groups in total. The molecule has 43 heavy (non-hydrogen) atoms. The number of aromatic nitrogens is 5. The van der Waals surface area contributed by atoms with Crippen LogP contribution in [-0.4, -0.2) is 24.5 Å². The SMILES string of the molecule is Cc1cccc(F)c1.Cc1nn(C)c(C(F)(F)F)c1-c1cc(C2CCCCC2)c(=O)n(Cc2ncccc2C(F)(F)F)n1. The molecule has 0 aliphatic heterocycles. The zero-order chi connectivity index (χ0) is 31.5. The fourth-order valence-corrected chi connectivity index (χ4v) is 5.36. The van der Waals surface area contributed by atoms with Crippen molar-refractivity contribution in [3.63, 3.8) is 0 Å². The standard InChI is InChI=1S/C23H23F6N5O.C7H7F/c1-13-19(20(23(27,28)29)33(2)31-13)17-11-15(14-7-4-3-5-8-14)21(35)34(32-17)12-18-16(22(24,25)26)9-6-10-30-18;1-6-3-2-4-7(8)5-6/h6,9-11,14H,3-5,7-8,12H2,1-2H3;2-5H,1H3. The quantitative estimate of drug-likeness (QED) is 0.224. The van der Waals surface area contributed by atoms with E-state index in [4.69, 9.17) is 0 Å². The third-order valence-corrected chi connectivity index (χ3v) is 7.27. The molecule has 1 aromatic carbocycles. The number of alkyl halides is 6. The van der Waals surface area contributed by atoms with Crippen LogP contribution in [0.1, 0.15) is 71.8 Å². The second-order valence-electron chi connectivity index (χ2n) is 10.5. The van der Waals surface area contributed by atoms with Crippen LogP contribution in [0.15, 0.2) is 53.5 Å². The van der Waals surface area contributed by atoms with E-state index in [-0.39, 0.29) is 34.2 Å². The Morgan fingerprint density at radius 3 is 2.19 bits per heavy atom. The Morgan fingerprint density at radius 2 is 1.60 bits per heavy atom. The summed E-state index contributed by atoms with van der Waals surface area (Å²) in [5, 5.41) is 8.00. The molecule has 1 aliphatic carbocycles. The van der Waals surface area contributed by atoms with E-state index in [1.807, 2.05) is 13.0 Å². The van der Waals surface area contributed by atoms with E-state index >= 15 is 0 Å². The van der Waals surface area contributed by atoms with Crippen molar-refractivity contribution < 1.29 is 30.7 Å². The van der Waals surface area contributed by atoms with Gasteiger partial charge in [0.05, 0.1) is 34.8 Å². The molecule has 0 bridgehead atoms. The Morgan fingerprint density at radius 1 is 0.907 bits per heavy atom. The molecule has 230 valence electrons. The number of hydrogen-bond donors (Lipinski definition) is 0. The van der Waals surface area contributed by atoms with Crippen molar-refractivity contribution in [3.05, 3.63) is 98.6 Å². The lowest BCUT2D eigenvalue weighted by Crippen LogP contribution is -2.30. The largest absolute Gasteiger partial charge is 0.433 e. The summed E-state index contributed by atoms with van der Waals surface area (Å²) >= 11 is 0. The molecule has 1 fully saturated rings. The second-order valence-corrected chi connectivity index (χ2v) is 10.5. The van der Waals surface area contributed by atoms with Gasteiger partial charge in [-0.25, -0.2) is 9.07 Å². The summed E-state index contributed by atoms with van der Waals surface area (Å²) in [5.74, 6) is -0.383. The average Bonchev–Trinajstić information content (AvgIpc) is 3.24. The van der Waals surface area contributed by atoms with Crippen LogP contribution < -0.4 is 5.56 Å². The molecule has 3 aromatic heterocycles. The zero-order valence-electron chi connectivity index (χ0n) is 23.7. The number of aryl methyl sites for hydroxylation is 3. The van der Waals surface area contributed by atoms with Gasteiger partial charge in [-0.15, -0.1) is 0 Å². The van der Waals surface area contributed by atoms with E-state index in [2.05, 4.69) is 15.2 Å². The minimum Gasteiger partial charge on any atom is -0.267 e. The van der Waals surface area contributed by atoms with Gasteiger partial charge < -0.3 is 0 Å². The molecular weight excluding hydrogens is 579 g/mol. The van der Waals surface area contributed by atoms with Gasteiger partial charge in [-0.05, 0) is 68.5 Å². The first-order chi connectivity index (χ1) is 20.2. The lowest BCUT2D eigenvalue weighted by Gasteiger charge is -2.23. The van der Waals surface area contributed by atoms with Crippen LogP contribution in [0, 0.1) is 19.7 Å². The second kappa shape index (κ2) is 12.7. The minimum absolute atomic E-state index is 0.0425. The molecule has 1 saturated carbocycles. The van der Waals surface area contributed by atoms with Gasteiger partial charge in [-0.1, -0.05) is 31.4 Å². The van der Waals surface area contributed by atoms with Crippen LogP contribution >= 0.6 is 0 Å². The summed E-state index contributed by atoms with van der Waals surface area (Å²) in [6.07, 6.45) is -4.33. The minimum atomic E-state index is -4.76. The van der Waals surface area contributed by atoms with Crippen LogP contribution in [0.2, 0.25) is 0 Å². The van der Waals surface area contributed by atoms with Gasteiger partial charge in [0.15, 0.2) is 5.69 Å². The lowest BCUT2D eigenvalue weighted by molar-refractivity contribution is -0.143. The van der Waals surface area contributed by atoms with Crippen molar-refractivity contribution >= 4 is 0 Å². The van der Waals surface area contributed by atoms with Crippen molar-refractivity contribution in [1.82, 2.24) is 24.5 Å². The Balaban J connectivity index is 0.000000458. The molecule has 1 aliphatic rings. The van der Waals surface area contributed by atoms with Gasteiger partial charge in [-0.3, -0.25) is 14.5 Å². The summed E-state index contributed by atoms with van der Waals surface area (Å²) in [4.78, 5) is 17.1. The lowest BCUT2D eigenvalue weighted by atomic mass is 9.84. The van der Waals surface area contributed by atoms with Gasteiger partial charge >= 0.3 is 12.4 Å². The van der Waals surface area contributed by atoms with E-state index in [9.17, 15) is 35.5 Å². The maximum Gasteiger partial charge on any atom is 0.433 e. The maximum absolute atomic E-state index is 13.9. The molecule has 6 nitrogen and oxygen atoms in total. The van der Waals surface area contributed by atoms with Gasteiger partial charge in [0.1, 0.15) is 5.82 Å². The third-order valence-electron chi connectivity index (χ3n) is 7.27. The molecule has 0 saturated heterocycles. The highest BCUT2D eigenvalue weighted by molar-refractivity contribution is 5.66. The maximum atomic E-state index is 13.9. The number of rotatable bonds is 4. The Labute approximate surface area is 243 Å². The smallest absolute Gasteiger partial charge is 0.267 e. The molecule has 0 spiro atoms. The monoisotopic (exact) mass is 609 g/mol. The molecule has 3 heterocycles. The number of pyridine rings is 1. The first kappa shape index (κ1) is 31.9. The Bertz CT molecular complexity index is 1620. The van der Waals surface area contributed by atoms with Gasteiger partial charge in [0, 0.05) is 18.8 Å². The fourth-order valence-electron chi connectivity index (χ4n) is 5.36. The van der Waals surface area contributed by atoms with Crippen molar-refractivity contribution in [2.45, 2.75) is 70.8 Å². The van der Waals surface area contributed by atoms with E-state index < -0.39 is 41.4 Å². The van der Waals surface area contributed by atoms with Crippen LogP contribution in [0.5, 0.6) is 0 Å². The number of benzene rings is 1. The molecule has 4 aromatic rings. The fraction of sp³-hybridized carbons (Fsp3) is 0.400. The number of halogens is 7. The van der Waals surface area contributed by atoms with Gasteiger partial charge in [0.25, 0.3) is 5.56 Å². The van der Waals surface area contributed by atoms with Gasteiger partial charge in [0.2, 0.25) is 0 Å². The van der Waals surface area contributed by atoms with E-state index in [0.29, 0.717) is 17.5 Å². The average molecular weight is 610 g/mol. The van der Waals surface area contributed by atoms with Crippen LogP contribution in [0.4, 0.5) is 30.7 Å². The molecule has 0 amide bonds. The van der Waals surface area contributed by atoms with Crippen molar-refractivity contribution in [1.29, 1.82) is 0 Å². The molecule has 13 heteroatoms. The summed E-state index contributed by atoms with van der Waals surface area (Å²) in [5.41, 5.74) is -2.37. The van der Waals surface area contributed by atoms with E-state index in [1.165, 1.54) is 25.1 Å². The number of nitrogens with zero attached hydrogens (tertiary/aromatic N) is 5. The predicted molar refractivity (Wildman–Crippen MR) is 146 cm³/mol. The molecule has 0 unspecified atom stereocenters. The summed E-state index contributed by atoms with van der Waals surface area (Å²) in [7, 11) is 1.15. The summed E-state index contributed by atoms with van der Waals surface area (Å²) in [6.45, 7) is 2.62.